The number of rotatable bonds is 10. The lowest BCUT2D eigenvalue weighted by Crippen LogP contribution is -2.43. The summed E-state index contributed by atoms with van der Waals surface area (Å²) in [7, 11) is -10.1. The third-order valence-electron chi connectivity index (χ3n) is 3.48. The predicted molar refractivity (Wildman–Crippen MR) is 103 cm³/mol. The molecule has 0 fully saturated rings. The fraction of sp³-hybridized carbons (Fsp3) is 0.533. The summed E-state index contributed by atoms with van der Waals surface area (Å²) in [6.45, 7) is 1.86. The van der Waals surface area contributed by atoms with Gasteiger partial charge >= 0.3 is 26.6 Å². The van der Waals surface area contributed by atoms with Crippen LogP contribution in [-0.4, -0.2) is 59.4 Å². The summed E-state index contributed by atoms with van der Waals surface area (Å²) in [6.07, 6.45) is 2.19. The van der Waals surface area contributed by atoms with Crippen LogP contribution in [0.3, 0.4) is 0 Å². The average molecular weight is 442 g/mol. The first-order chi connectivity index (χ1) is 12.8. The Morgan fingerprint density at radius 2 is 1.57 bits per heavy atom. The van der Waals surface area contributed by atoms with Crippen molar-refractivity contribution < 1.29 is 35.8 Å². The fourth-order valence-corrected chi connectivity index (χ4v) is 4.25. The van der Waals surface area contributed by atoms with Crippen LogP contribution in [-0.2, 0) is 31.8 Å². The van der Waals surface area contributed by atoms with Gasteiger partial charge in [0, 0.05) is 6.04 Å². The third kappa shape index (κ3) is 10.7. The number of nitrogens with two attached hydrogens (primary N) is 2. The Balaban J connectivity index is 0.000000621. The molecule has 0 aliphatic carbocycles. The first-order valence-electron chi connectivity index (χ1n) is 8.27. The smallest absolute Gasteiger partial charge is 0.351 e. The Morgan fingerprint density at radius 1 is 1.07 bits per heavy atom. The van der Waals surface area contributed by atoms with E-state index >= 15 is 0 Å². The molecule has 0 saturated carbocycles. The number of unbranched alkanes of at least 4 members (excludes halogenated alkanes) is 1. The van der Waals surface area contributed by atoms with Gasteiger partial charge in [0.25, 0.3) is 0 Å². The molecule has 11 nitrogen and oxygen atoms in total. The molecule has 0 aliphatic rings. The second kappa shape index (κ2) is 12.1. The highest BCUT2D eigenvalue weighted by atomic mass is 32.3. The second-order valence-corrected chi connectivity index (χ2v) is 8.76. The lowest BCUT2D eigenvalue weighted by molar-refractivity contribution is -0.138. The van der Waals surface area contributed by atoms with Gasteiger partial charge in [0.2, 0.25) is 0 Å². The summed E-state index contributed by atoms with van der Waals surface area (Å²) in [5.41, 5.74) is 11.1. The maximum absolute atomic E-state index is 11.0. The summed E-state index contributed by atoms with van der Waals surface area (Å²) in [4.78, 5) is 10.1. The zero-order chi connectivity index (χ0) is 22.0. The van der Waals surface area contributed by atoms with Crippen LogP contribution in [0.1, 0.15) is 31.7 Å². The molecule has 0 amide bonds. The molecule has 1 unspecified atom stereocenters. The summed E-state index contributed by atoms with van der Waals surface area (Å²) < 4.78 is 61.1. The van der Waals surface area contributed by atoms with Crippen molar-refractivity contribution in [3.63, 3.8) is 0 Å². The topological polar surface area (TPSA) is 201 Å². The van der Waals surface area contributed by atoms with Crippen LogP contribution in [0.4, 0.5) is 0 Å². The van der Waals surface area contributed by atoms with Crippen molar-refractivity contribution >= 4 is 26.6 Å². The molecule has 2 atom stereocenters. The molecule has 13 heteroatoms. The minimum atomic E-state index is -5.05. The van der Waals surface area contributed by atoms with Gasteiger partial charge in [-0.25, -0.2) is 0 Å². The van der Waals surface area contributed by atoms with Gasteiger partial charge in [0.15, 0.2) is 0 Å². The average Bonchev–Trinajstić information content (AvgIpc) is 2.53. The van der Waals surface area contributed by atoms with Gasteiger partial charge < -0.3 is 16.6 Å². The van der Waals surface area contributed by atoms with Crippen molar-refractivity contribution in [2.24, 2.45) is 11.5 Å². The highest BCUT2D eigenvalue weighted by Gasteiger charge is 2.36. The largest absolute Gasteiger partial charge is 0.480 e. The minimum absolute atomic E-state index is 0.0282. The molecule has 0 bridgehead atoms. The Morgan fingerprint density at radius 3 is 1.96 bits per heavy atom. The highest BCUT2D eigenvalue weighted by molar-refractivity contribution is 7.98. The summed E-state index contributed by atoms with van der Waals surface area (Å²) in [5.74, 6) is -0.933. The number of aliphatic carboxylic acids is 1. The van der Waals surface area contributed by atoms with Crippen molar-refractivity contribution in [2.75, 3.05) is 6.54 Å². The highest BCUT2D eigenvalue weighted by Crippen LogP contribution is 2.15. The molecule has 28 heavy (non-hydrogen) atoms. The van der Waals surface area contributed by atoms with Gasteiger partial charge in [0.1, 0.15) is 6.04 Å². The number of hydrogen-bond acceptors (Lipinski definition) is 7. The number of carbonyl (C=O) groups is 1. The van der Waals surface area contributed by atoms with E-state index in [2.05, 4.69) is 0 Å². The van der Waals surface area contributed by atoms with Crippen molar-refractivity contribution in [3.8, 4) is 0 Å². The zero-order valence-corrected chi connectivity index (χ0v) is 17.0. The lowest BCUT2D eigenvalue weighted by atomic mass is 10.1. The Bertz CT molecular complexity index is 768. The SMILES string of the molecule is CC(Cc1ccccc1)N(S(=O)(=O)O)S(=O)(=O)O.NCCCC[C@H](N)C(=O)O. The molecule has 1 aromatic rings. The molecular weight excluding hydrogens is 414 g/mol. The van der Waals surface area contributed by atoms with Crippen LogP contribution in [0.15, 0.2) is 30.3 Å². The van der Waals surface area contributed by atoms with E-state index in [1.807, 2.05) is 0 Å². The van der Waals surface area contributed by atoms with E-state index in [9.17, 15) is 21.6 Å². The molecule has 1 rings (SSSR count). The molecule has 1 aromatic carbocycles. The van der Waals surface area contributed by atoms with E-state index in [0.29, 0.717) is 18.5 Å². The number of nitrogens with zero attached hydrogens (tertiary/aromatic N) is 1. The third-order valence-corrected chi connectivity index (χ3v) is 6.23. The lowest BCUT2D eigenvalue weighted by Gasteiger charge is -2.21. The summed E-state index contributed by atoms with van der Waals surface area (Å²) >= 11 is 0. The molecule has 162 valence electrons. The minimum Gasteiger partial charge on any atom is -0.480 e. The number of carboxylic acid groups (broad SMARTS) is 1. The van der Waals surface area contributed by atoms with Gasteiger partial charge in [-0.3, -0.25) is 13.9 Å². The van der Waals surface area contributed by atoms with Crippen LogP contribution in [0.5, 0.6) is 0 Å². The zero-order valence-electron chi connectivity index (χ0n) is 15.4. The quantitative estimate of drug-likeness (QED) is 0.244. The molecule has 0 heterocycles. The molecule has 0 aromatic heterocycles. The number of benzene rings is 1. The van der Waals surface area contributed by atoms with Gasteiger partial charge in [-0.1, -0.05) is 36.8 Å². The van der Waals surface area contributed by atoms with E-state index in [1.54, 1.807) is 30.3 Å². The van der Waals surface area contributed by atoms with E-state index < -0.39 is 38.7 Å². The molecule has 7 N–H and O–H groups in total. The molecule has 0 aliphatic heterocycles. The van der Waals surface area contributed by atoms with Crippen molar-refractivity contribution in [3.05, 3.63) is 35.9 Å². The maximum Gasteiger partial charge on any atom is 0.351 e. The van der Waals surface area contributed by atoms with Crippen LogP contribution < -0.4 is 11.5 Å². The normalized spacial score (nSPS) is 14.1. The van der Waals surface area contributed by atoms with Crippen LogP contribution in [0.25, 0.3) is 0 Å². The second-order valence-electron chi connectivity index (χ2n) is 5.95. The van der Waals surface area contributed by atoms with E-state index in [0.717, 1.165) is 12.8 Å². The van der Waals surface area contributed by atoms with Crippen molar-refractivity contribution in [1.29, 1.82) is 0 Å². The van der Waals surface area contributed by atoms with E-state index in [-0.39, 0.29) is 10.1 Å². The predicted octanol–water partition coefficient (Wildman–Crippen LogP) is 0.0525. The van der Waals surface area contributed by atoms with Gasteiger partial charge in [0.05, 0.1) is 0 Å². The first-order valence-corrected chi connectivity index (χ1v) is 11.1. The fourth-order valence-electron chi connectivity index (χ4n) is 2.24. The van der Waals surface area contributed by atoms with Gasteiger partial charge in [-0.05, 0) is 42.0 Å². The van der Waals surface area contributed by atoms with Gasteiger partial charge in [-0.2, -0.15) is 16.8 Å². The Hall–Kier alpha value is -1.61. The number of hydrogen-bond donors (Lipinski definition) is 5. The number of carboxylic acids is 1. The standard InChI is InChI=1S/C9H13NO6S2.C6H14N2O2/c1-8(7-9-5-3-2-4-6-9)10(17(11,12)13)18(14,15)16;7-4-2-1-3-5(8)6(9)10/h2-6,8H,7H2,1H3,(H,11,12,13)(H,14,15,16);5H,1-4,7-8H2,(H,9,10)/t;5-/m.0/s1. The van der Waals surface area contributed by atoms with E-state index in [1.165, 1.54) is 6.92 Å². The van der Waals surface area contributed by atoms with E-state index in [4.69, 9.17) is 25.7 Å². The van der Waals surface area contributed by atoms with Crippen LogP contribution in [0.2, 0.25) is 0 Å². The monoisotopic (exact) mass is 441 g/mol. The Labute approximate surface area is 165 Å². The van der Waals surface area contributed by atoms with Gasteiger partial charge in [-0.15, -0.1) is 0 Å². The Kier molecular flexibility index (Phi) is 11.4. The molecule has 0 saturated heterocycles. The van der Waals surface area contributed by atoms with Crippen molar-refractivity contribution in [1.82, 2.24) is 3.71 Å². The molecule has 0 radical (unpaired) electrons. The molecular formula is C15H27N3O8S2. The first kappa shape index (κ1) is 26.4. The van der Waals surface area contributed by atoms with Crippen LogP contribution >= 0.6 is 0 Å². The maximum atomic E-state index is 11.0. The summed E-state index contributed by atoms with van der Waals surface area (Å²) in [6, 6.07) is 6.63. The summed E-state index contributed by atoms with van der Waals surface area (Å²) in [5, 5.41) is 8.33. The molecule has 0 spiro atoms. The van der Waals surface area contributed by atoms with Crippen molar-refractivity contribution in [2.45, 2.75) is 44.7 Å². The van der Waals surface area contributed by atoms with Crippen LogP contribution in [0, 0.1) is 0 Å².